The normalized spacial score (nSPS) is 10.8. The van der Waals surface area contributed by atoms with Crippen molar-refractivity contribution in [1.82, 2.24) is 19.2 Å². The van der Waals surface area contributed by atoms with Gasteiger partial charge >= 0.3 is 0 Å². The van der Waals surface area contributed by atoms with Crippen LogP contribution in [0.15, 0.2) is 83.0 Å². The zero-order valence-corrected chi connectivity index (χ0v) is 16.8. The van der Waals surface area contributed by atoms with Crippen molar-refractivity contribution in [1.29, 1.82) is 5.26 Å². The molecule has 0 N–H and O–H groups in total. The minimum Gasteiger partial charge on any atom is -0.285 e. The monoisotopic (exact) mass is 423 g/mol. The van der Waals surface area contributed by atoms with Crippen molar-refractivity contribution in [2.24, 2.45) is 0 Å². The first-order valence-electron chi connectivity index (χ1n) is 9.34. The molecule has 3 heterocycles. The summed E-state index contributed by atoms with van der Waals surface area (Å²) in [6.45, 7) is 0. The van der Waals surface area contributed by atoms with Gasteiger partial charge in [0.15, 0.2) is 0 Å². The van der Waals surface area contributed by atoms with E-state index in [0.717, 1.165) is 4.40 Å². The summed E-state index contributed by atoms with van der Waals surface area (Å²) in [6, 6.07) is 23.3. The highest BCUT2D eigenvalue weighted by Gasteiger charge is 2.25. The van der Waals surface area contributed by atoms with Crippen LogP contribution in [0, 0.1) is 11.3 Å². The predicted molar refractivity (Wildman–Crippen MR) is 116 cm³/mol. The number of nitrogens with zero attached hydrogens (tertiary/aromatic N) is 5. The number of benzene rings is 2. The summed E-state index contributed by atoms with van der Waals surface area (Å²) in [5.74, 6) is -0.369. The van der Waals surface area contributed by atoms with Crippen molar-refractivity contribution >= 4 is 22.9 Å². The maximum atomic E-state index is 13.4. The molecule has 0 aliphatic rings. The quantitative estimate of drug-likeness (QED) is 0.411. The van der Waals surface area contributed by atoms with E-state index in [0.29, 0.717) is 16.1 Å². The Morgan fingerprint density at radius 1 is 0.968 bits per heavy atom. The number of para-hydroxylation sites is 1. The van der Waals surface area contributed by atoms with Gasteiger partial charge in [-0.15, -0.1) is 16.4 Å². The SMILES string of the molecule is N#Cc1c(-c2cccs2)nc2n(-c3ccccc3)nc(C(=O)c3ccccc3)n2c1=O. The maximum absolute atomic E-state index is 13.4. The number of hydrogen-bond acceptors (Lipinski definition) is 6. The van der Waals surface area contributed by atoms with Gasteiger partial charge < -0.3 is 0 Å². The van der Waals surface area contributed by atoms with E-state index in [4.69, 9.17) is 0 Å². The molecule has 0 unspecified atom stereocenters. The number of hydrogen-bond donors (Lipinski definition) is 0. The molecule has 7 nitrogen and oxygen atoms in total. The number of carbonyl (C=O) groups is 1. The van der Waals surface area contributed by atoms with Gasteiger partial charge in [0.05, 0.1) is 10.6 Å². The molecule has 0 aliphatic carbocycles. The Hall–Kier alpha value is -4.35. The van der Waals surface area contributed by atoms with Crippen molar-refractivity contribution < 1.29 is 4.79 Å². The van der Waals surface area contributed by atoms with E-state index in [1.54, 1.807) is 48.5 Å². The summed E-state index contributed by atoms with van der Waals surface area (Å²) in [7, 11) is 0. The summed E-state index contributed by atoms with van der Waals surface area (Å²) in [6.07, 6.45) is 0. The van der Waals surface area contributed by atoms with Crippen molar-refractivity contribution in [3.63, 3.8) is 0 Å². The van der Waals surface area contributed by atoms with Crippen LogP contribution in [-0.4, -0.2) is 24.9 Å². The van der Waals surface area contributed by atoms with E-state index >= 15 is 0 Å². The standard InChI is InChI=1S/C23H13N5O2S/c24-14-17-19(18-12-7-13-31-18)25-23-27(22(17)30)21(20(29)15-8-3-1-4-9-15)26-28(23)16-10-5-2-6-11-16/h1-13H. The van der Waals surface area contributed by atoms with Gasteiger partial charge in [-0.2, -0.15) is 9.94 Å². The Labute approximate surface area is 180 Å². The number of fused-ring (bicyclic) bond motifs is 1. The lowest BCUT2D eigenvalue weighted by molar-refractivity contribution is 0.102. The van der Waals surface area contributed by atoms with E-state index in [9.17, 15) is 14.9 Å². The van der Waals surface area contributed by atoms with E-state index in [2.05, 4.69) is 10.1 Å². The Kier molecular flexibility index (Phi) is 4.50. The fraction of sp³-hybridized carbons (Fsp3) is 0. The molecule has 31 heavy (non-hydrogen) atoms. The highest BCUT2D eigenvalue weighted by atomic mass is 32.1. The number of aromatic nitrogens is 4. The molecule has 0 fully saturated rings. The van der Waals surface area contributed by atoms with Crippen molar-refractivity contribution in [2.45, 2.75) is 0 Å². The molecule has 8 heteroatoms. The van der Waals surface area contributed by atoms with Gasteiger partial charge in [0.2, 0.25) is 17.4 Å². The van der Waals surface area contributed by atoms with Gasteiger partial charge in [-0.05, 0) is 23.6 Å². The van der Waals surface area contributed by atoms with Gasteiger partial charge in [0.1, 0.15) is 17.3 Å². The highest BCUT2D eigenvalue weighted by Crippen LogP contribution is 2.26. The van der Waals surface area contributed by atoms with Crippen LogP contribution in [-0.2, 0) is 0 Å². The zero-order valence-electron chi connectivity index (χ0n) is 16.0. The molecular weight excluding hydrogens is 410 g/mol. The Morgan fingerprint density at radius 2 is 1.68 bits per heavy atom. The van der Waals surface area contributed by atoms with E-state index in [-0.39, 0.29) is 22.9 Å². The van der Waals surface area contributed by atoms with Crippen LogP contribution in [0.3, 0.4) is 0 Å². The molecule has 5 rings (SSSR count). The van der Waals surface area contributed by atoms with Crippen LogP contribution in [0.2, 0.25) is 0 Å². The van der Waals surface area contributed by atoms with Gasteiger partial charge in [-0.3, -0.25) is 9.59 Å². The molecule has 3 aromatic heterocycles. The van der Waals surface area contributed by atoms with Crippen LogP contribution in [0.25, 0.3) is 22.0 Å². The molecule has 0 amide bonds. The van der Waals surface area contributed by atoms with Gasteiger partial charge in [0, 0.05) is 5.56 Å². The van der Waals surface area contributed by atoms with Crippen LogP contribution < -0.4 is 5.56 Å². The third-order valence-corrected chi connectivity index (χ3v) is 5.64. The van der Waals surface area contributed by atoms with Gasteiger partial charge in [-0.1, -0.05) is 54.6 Å². The second-order valence-electron chi connectivity index (χ2n) is 6.63. The highest BCUT2D eigenvalue weighted by molar-refractivity contribution is 7.13. The van der Waals surface area contributed by atoms with Crippen molar-refractivity contribution in [3.8, 4) is 22.3 Å². The van der Waals surface area contributed by atoms with Gasteiger partial charge in [0.25, 0.3) is 5.56 Å². The topological polar surface area (TPSA) is 93.0 Å². The number of ketones is 1. The number of thiophene rings is 1. The summed E-state index contributed by atoms with van der Waals surface area (Å²) in [4.78, 5) is 31.9. The second-order valence-corrected chi connectivity index (χ2v) is 7.58. The minimum atomic E-state index is -0.627. The number of nitriles is 1. The third-order valence-electron chi connectivity index (χ3n) is 4.77. The molecule has 0 saturated heterocycles. The summed E-state index contributed by atoms with van der Waals surface area (Å²) >= 11 is 1.38. The number of carbonyl (C=O) groups excluding carboxylic acids is 1. The molecule has 0 radical (unpaired) electrons. The smallest absolute Gasteiger partial charge is 0.279 e. The van der Waals surface area contributed by atoms with Crippen molar-refractivity contribution in [2.75, 3.05) is 0 Å². The summed E-state index contributed by atoms with van der Waals surface area (Å²) in [5.41, 5.74) is 0.543. The number of rotatable bonds is 4. The lowest BCUT2D eigenvalue weighted by Gasteiger charge is -2.05. The molecule has 148 valence electrons. The van der Waals surface area contributed by atoms with Crippen molar-refractivity contribution in [3.05, 3.63) is 105 Å². The zero-order chi connectivity index (χ0) is 21.4. The lowest BCUT2D eigenvalue weighted by Crippen LogP contribution is -2.23. The summed E-state index contributed by atoms with van der Waals surface area (Å²) < 4.78 is 2.58. The van der Waals surface area contributed by atoms with E-state index in [1.165, 1.54) is 16.0 Å². The molecule has 0 saturated carbocycles. The molecule has 0 bridgehead atoms. The Balaban J connectivity index is 1.88. The van der Waals surface area contributed by atoms with E-state index in [1.807, 2.05) is 35.7 Å². The molecule has 0 atom stereocenters. The second kappa shape index (κ2) is 7.48. The first-order valence-corrected chi connectivity index (χ1v) is 10.2. The lowest BCUT2D eigenvalue weighted by atomic mass is 10.1. The molecular formula is C23H13N5O2S. The van der Waals surface area contributed by atoms with E-state index < -0.39 is 11.3 Å². The largest absolute Gasteiger partial charge is 0.285 e. The molecule has 0 spiro atoms. The Morgan fingerprint density at radius 3 is 2.32 bits per heavy atom. The average Bonchev–Trinajstić information content (AvgIpc) is 3.48. The van der Waals surface area contributed by atoms with Crippen LogP contribution in [0.1, 0.15) is 21.7 Å². The first-order chi connectivity index (χ1) is 15.2. The van der Waals surface area contributed by atoms with Gasteiger partial charge in [-0.25, -0.2) is 9.38 Å². The fourth-order valence-electron chi connectivity index (χ4n) is 3.33. The molecule has 2 aromatic carbocycles. The third kappa shape index (κ3) is 3.04. The predicted octanol–water partition coefficient (Wildman–Crippen LogP) is 3.71. The average molecular weight is 423 g/mol. The maximum Gasteiger partial charge on any atom is 0.279 e. The molecule has 5 aromatic rings. The molecule has 0 aliphatic heterocycles. The minimum absolute atomic E-state index is 0.100. The Bertz CT molecular complexity index is 1510. The first kappa shape index (κ1) is 18.7. The summed E-state index contributed by atoms with van der Waals surface area (Å²) in [5, 5.41) is 16.0. The van der Waals surface area contributed by atoms with Crippen LogP contribution >= 0.6 is 11.3 Å². The van der Waals surface area contributed by atoms with Crippen LogP contribution in [0.4, 0.5) is 0 Å². The van der Waals surface area contributed by atoms with Crippen LogP contribution in [0.5, 0.6) is 0 Å². The fourth-order valence-corrected chi connectivity index (χ4v) is 4.05.